The summed E-state index contributed by atoms with van der Waals surface area (Å²) in [5.74, 6) is -0.0553. The second-order valence-electron chi connectivity index (χ2n) is 3.11. The van der Waals surface area contributed by atoms with Gasteiger partial charge in [-0.2, -0.15) is 0 Å². The van der Waals surface area contributed by atoms with Crippen molar-refractivity contribution in [3.63, 3.8) is 0 Å². The number of amides is 1. The molecule has 1 unspecified atom stereocenters. The van der Waals surface area contributed by atoms with Crippen LogP contribution in [0.2, 0.25) is 0 Å². The maximum Gasteiger partial charge on any atom is 0.283 e. The Morgan fingerprint density at radius 2 is 2.27 bits per heavy atom. The summed E-state index contributed by atoms with van der Waals surface area (Å²) in [5.41, 5.74) is 6.06. The fraction of sp³-hybridized carbons (Fsp3) is 0.182. The van der Waals surface area contributed by atoms with Crippen molar-refractivity contribution in [2.75, 3.05) is 0 Å². The molecule has 80 valence electrons. The standard InChI is InChI=1S/C11H14NO2P/c1-3-8-4-5-9(15)6-10(8)14-7(2)11(12)13/h4-6H,2-3,15H2,1H3,(H2,12,13). The van der Waals surface area contributed by atoms with Gasteiger partial charge in [-0.1, -0.05) is 25.6 Å². The van der Waals surface area contributed by atoms with Crippen LogP contribution in [0.25, 0.3) is 0 Å². The van der Waals surface area contributed by atoms with Gasteiger partial charge in [0.15, 0.2) is 5.76 Å². The van der Waals surface area contributed by atoms with E-state index in [1.807, 2.05) is 25.1 Å². The van der Waals surface area contributed by atoms with E-state index in [-0.39, 0.29) is 5.76 Å². The fourth-order valence-corrected chi connectivity index (χ4v) is 1.39. The Kier molecular flexibility index (Phi) is 3.87. The Morgan fingerprint density at radius 1 is 1.60 bits per heavy atom. The molecule has 1 rings (SSSR count). The molecule has 1 atom stereocenters. The van der Waals surface area contributed by atoms with E-state index >= 15 is 0 Å². The average Bonchev–Trinajstić information content (AvgIpc) is 2.18. The summed E-state index contributed by atoms with van der Waals surface area (Å²) in [4.78, 5) is 10.8. The number of rotatable bonds is 4. The second-order valence-corrected chi connectivity index (χ2v) is 3.78. The van der Waals surface area contributed by atoms with E-state index in [4.69, 9.17) is 10.5 Å². The SMILES string of the molecule is C=C(Oc1cc(P)ccc1CC)C(N)=O. The van der Waals surface area contributed by atoms with Gasteiger partial charge in [0.05, 0.1) is 0 Å². The van der Waals surface area contributed by atoms with Crippen molar-refractivity contribution in [2.45, 2.75) is 13.3 Å². The van der Waals surface area contributed by atoms with E-state index < -0.39 is 5.91 Å². The zero-order valence-corrected chi connectivity index (χ0v) is 9.77. The molecular weight excluding hydrogens is 209 g/mol. The van der Waals surface area contributed by atoms with Crippen molar-refractivity contribution in [3.05, 3.63) is 36.1 Å². The lowest BCUT2D eigenvalue weighted by molar-refractivity contribution is -0.116. The number of hydrogen-bond donors (Lipinski definition) is 1. The van der Waals surface area contributed by atoms with E-state index in [1.165, 1.54) is 0 Å². The normalized spacial score (nSPS) is 9.73. The molecule has 0 spiro atoms. The molecule has 0 radical (unpaired) electrons. The zero-order valence-electron chi connectivity index (χ0n) is 8.62. The monoisotopic (exact) mass is 223 g/mol. The van der Waals surface area contributed by atoms with Crippen LogP contribution in [0.15, 0.2) is 30.5 Å². The van der Waals surface area contributed by atoms with Crippen LogP contribution in [0.5, 0.6) is 5.75 Å². The molecule has 1 aromatic rings. The Bertz CT molecular complexity index is 402. The molecule has 3 nitrogen and oxygen atoms in total. The lowest BCUT2D eigenvalue weighted by atomic mass is 10.1. The van der Waals surface area contributed by atoms with Crippen molar-refractivity contribution in [1.29, 1.82) is 0 Å². The Hall–Kier alpha value is -1.34. The van der Waals surface area contributed by atoms with Crippen LogP contribution in [0.1, 0.15) is 12.5 Å². The van der Waals surface area contributed by atoms with E-state index in [9.17, 15) is 4.79 Å². The summed E-state index contributed by atoms with van der Waals surface area (Å²) in [6.45, 7) is 5.46. The van der Waals surface area contributed by atoms with Crippen LogP contribution in [0, 0.1) is 0 Å². The first-order chi connectivity index (χ1) is 7.04. The van der Waals surface area contributed by atoms with Gasteiger partial charge in [-0.05, 0) is 23.4 Å². The highest BCUT2D eigenvalue weighted by molar-refractivity contribution is 7.27. The molecule has 1 aromatic carbocycles. The molecule has 0 saturated carbocycles. The Morgan fingerprint density at radius 3 is 2.80 bits per heavy atom. The molecule has 1 amide bonds. The number of nitrogens with two attached hydrogens (primary N) is 1. The third-order valence-electron chi connectivity index (χ3n) is 1.98. The van der Waals surface area contributed by atoms with Gasteiger partial charge in [0.1, 0.15) is 5.75 Å². The van der Waals surface area contributed by atoms with Crippen LogP contribution in [0.3, 0.4) is 0 Å². The molecule has 0 aliphatic heterocycles. The van der Waals surface area contributed by atoms with Gasteiger partial charge in [-0.15, -0.1) is 9.24 Å². The van der Waals surface area contributed by atoms with Crippen LogP contribution >= 0.6 is 9.24 Å². The summed E-state index contributed by atoms with van der Waals surface area (Å²) in [6, 6.07) is 5.74. The first kappa shape index (κ1) is 11.7. The van der Waals surface area contributed by atoms with Crippen molar-refractivity contribution in [2.24, 2.45) is 5.73 Å². The van der Waals surface area contributed by atoms with Gasteiger partial charge in [-0.25, -0.2) is 0 Å². The quantitative estimate of drug-likeness (QED) is 0.472. The molecule has 15 heavy (non-hydrogen) atoms. The average molecular weight is 223 g/mol. The minimum absolute atomic E-state index is 0.0414. The summed E-state index contributed by atoms with van der Waals surface area (Å²) in [6.07, 6.45) is 0.826. The molecule has 0 bridgehead atoms. The van der Waals surface area contributed by atoms with Gasteiger partial charge in [0.2, 0.25) is 0 Å². The van der Waals surface area contributed by atoms with Gasteiger partial charge < -0.3 is 10.5 Å². The molecule has 0 fully saturated rings. The topological polar surface area (TPSA) is 52.3 Å². The Labute approximate surface area is 91.5 Å². The molecule has 0 aliphatic carbocycles. The van der Waals surface area contributed by atoms with Gasteiger partial charge in [-0.3, -0.25) is 4.79 Å². The highest BCUT2D eigenvalue weighted by Gasteiger charge is 2.08. The van der Waals surface area contributed by atoms with Crippen molar-refractivity contribution in [1.82, 2.24) is 0 Å². The first-order valence-electron chi connectivity index (χ1n) is 4.59. The lowest BCUT2D eigenvalue weighted by Gasteiger charge is -2.10. The van der Waals surface area contributed by atoms with Crippen molar-refractivity contribution < 1.29 is 9.53 Å². The highest BCUT2D eigenvalue weighted by atomic mass is 31.0. The fourth-order valence-electron chi connectivity index (χ4n) is 1.14. The Balaban J connectivity index is 2.97. The van der Waals surface area contributed by atoms with E-state index in [0.29, 0.717) is 5.75 Å². The van der Waals surface area contributed by atoms with Crippen LogP contribution in [-0.4, -0.2) is 5.91 Å². The predicted octanol–water partition coefficient (Wildman–Crippen LogP) is 1.13. The molecule has 0 aromatic heterocycles. The number of aryl methyl sites for hydroxylation is 1. The molecule has 0 aliphatic rings. The van der Waals surface area contributed by atoms with Crippen molar-refractivity contribution in [3.8, 4) is 5.75 Å². The van der Waals surface area contributed by atoms with Gasteiger partial charge >= 0.3 is 0 Å². The van der Waals surface area contributed by atoms with E-state index in [2.05, 4.69) is 15.8 Å². The number of carbonyl (C=O) groups is 1. The van der Waals surface area contributed by atoms with E-state index in [0.717, 1.165) is 17.3 Å². The van der Waals surface area contributed by atoms with Crippen LogP contribution in [0.4, 0.5) is 0 Å². The molecular formula is C11H14NO2P. The summed E-state index contributed by atoms with van der Waals surface area (Å²) in [7, 11) is 2.57. The zero-order chi connectivity index (χ0) is 11.4. The third kappa shape index (κ3) is 3.07. The third-order valence-corrected chi connectivity index (χ3v) is 2.34. The number of ether oxygens (including phenoxy) is 1. The van der Waals surface area contributed by atoms with Crippen LogP contribution < -0.4 is 15.8 Å². The number of primary amides is 1. The summed E-state index contributed by atoms with van der Waals surface area (Å²) >= 11 is 0. The predicted molar refractivity (Wildman–Crippen MR) is 64.1 cm³/mol. The van der Waals surface area contributed by atoms with Gasteiger partial charge in [0, 0.05) is 0 Å². The number of hydrogen-bond acceptors (Lipinski definition) is 2. The number of benzene rings is 1. The second kappa shape index (κ2) is 4.94. The molecule has 4 heteroatoms. The van der Waals surface area contributed by atoms with E-state index in [1.54, 1.807) is 0 Å². The maximum atomic E-state index is 10.8. The molecule has 2 N–H and O–H groups in total. The first-order valence-corrected chi connectivity index (χ1v) is 5.17. The largest absolute Gasteiger partial charge is 0.452 e. The van der Waals surface area contributed by atoms with Crippen LogP contribution in [-0.2, 0) is 11.2 Å². The number of carbonyl (C=O) groups excluding carboxylic acids is 1. The van der Waals surface area contributed by atoms with Crippen molar-refractivity contribution >= 4 is 20.5 Å². The minimum Gasteiger partial charge on any atom is -0.452 e. The summed E-state index contributed by atoms with van der Waals surface area (Å²) < 4.78 is 5.30. The molecule has 0 saturated heterocycles. The highest BCUT2D eigenvalue weighted by Crippen LogP contribution is 2.20. The van der Waals surface area contributed by atoms with Gasteiger partial charge in [0.25, 0.3) is 5.91 Å². The smallest absolute Gasteiger partial charge is 0.283 e. The maximum absolute atomic E-state index is 10.8. The lowest BCUT2D eigenvalue weighted by Crippen LogP contribution is -2.17. The minimum atomic E-state index is -0.647. The summed E-state index contributed by atoms with van der Waals surface area (Å²) in [5, 5.41) is 0.986. The molecule has 0 heterocycles.